The van der Waals surface area contributed by atoms with E-state index in [1.165, 1.54) is 11.3 Å². The maximum absolute atomic E-state index is 11.9. The number of thiophene rings is 1. The lowest BCUT2D eigenvalue weighted by atomic mass is 10.3. The third-order valence-corrected chi connectivity index (χ3v) is 5.22. The van der Waals surface area contributed by atoms with Crippen molar-refractivity contribution in [2.45, 2.75) is 13.0 Å². The minimum Gasteiger partial charge on any atom is -0.341 e. The van der Waals surface area contributed by atoms with E-state index in [1.54, 1.807) is 13.0 Å². The molecule has 90 valence electrons. The molecule has 2 heterocycles. The van der Waals surface area contributed by atoms with Crippen LogP contribution in [-0.4, -0.2) is 26.5 Å². The molecule has 17 heavy (non-hydrogen) atoms. The fourth-order valence-electron chi connectivity index (χ4n) is 1.14. The number of tetrazole rings is 1. The first-order chi connectivity index (χ1) is 8.08. The van der Waals surface area contributed by atoms with Crippen LogP contribution < -0.4 is 5.32 Å². The van der Waals surface area contributed by atoms with Crippen LogP contribution in [0.3, 0.4) is 0 Å². The molecule has 1 unspecified atom stereocenters. The first-order valence-corrected chi connectivity index (χ1v) is 6.97. The van der Waals surface area contributed by atoms with Crippen molar-refractivity contribution in [1.82, 2.24) is 25.9 Å². The second-order valence-corrected chi connectivity index (χ2v) is 6.42. The number of H-pyrrole nitrogens is 1. The first kappa shape index (κ1) is 12.7. The summed E-state index contributed by atoms with van der Waals surface area (Å²) < 4.78 is 1.75. The van der Waals surface area contributed by atoms with Gasteiger partial charge in [0.2, 0.25) is 0 Å². The Bertz CT molecular complexity index is 507. The number of aromatic amines is 1. The summed E-state index contributed by atoms with van der Waals surface area (Å²) in [6, 6.07) is 1.47. The maximum atomic E-state index is 11.9. The predicted octanol–water partition coefficient (Wildman–Crippen LogP) is 2.28. The number of hydrogen-bond acceptors (Lipinski definition) is 5. The summed E-state index contributed by atoms with van der Waals surface area (Å²) in [6.07, 6.45) is 0. The van der Waals surface area contributed by atoms with E-state index in [-0.39, 0.29) is 11.9 Å². The van der Waals surface area contributed by atoms with E-state index in [4.69, 9.17) is 0 Å². The molecule has 0 saturated heterocycles. The lowest BCUT2D eigenvalue weighted by Gasteiger charge is -2.08. The number of carbonyl (C=O) groups is 1. The normalized spacial score (nSPS) is 12.4. The number of amides is 1. The molecule has 0 spiro atoms. The number of hydrogen-bond donors (Lipinski definition) is 2. The molecule has 0 radical (unpaired) electrons. The van der Waals surface area contributed by atoms with Crippen LogP contribution in [0.25, 0.3) is 0 Å². The Morgan fingerprint density at radius 1 is 1.59 bits per heavy atom. The van der Waals surface area contributed by atoms with Crippen molar-refractivity contribution in [1.29, 1.82) is 0 Å². The largest absolute Gasteiger partial charge is 0.341 e. The van der Waals surface area contributed by atoms with Gasteiger partial charge in [-0.15, -0.1) is 21.5 Å². The minimum absolute atomic E-state index is 0.168. The van der Waals surface area contributed by atoms with Crippen LogP contribution in [0.2, 0.25) is 0 Å². The fraction of sp³-hybridized carbons (Fsp3) is 0.250. The van der Waals surface area contributed by atoms with Crippen molar-refractivity contribution < 1.29 is 4.79 Å². The Morgan fingerprint density at radius 3 is 2.88 bits per heavy atom. The molecular formula is C8H7Br2N5OS. The van der Waals surface area contributed by atoms with Crippen molar-refractivity contribution in [2.75, 3.05) is 0 Å². The molecular weight excluding hydrogens is 374 g/mol. The van der Waals surface area contributed by atoms with Crippen molar-refractivity contribution in [3.05, 3.63) is 25.0 Å². The van der Waals surface area contributed by atoms with E-state index >= 15 is 0 Å². The third-order valence-electron chi connectivity index (χ3n) is 1.97. The Morgan fingerprint density at radius 2 is 2.35 bits per heavy atom. The first-order valence-electron chi connectivity index (χ1n) is 4.57. The zero-order valence-electron chi connectivity index (χ0n) is 8.57. The van der Waals surface area contributed by atoms with Crippen LogP contribution in [-0.2, 0) is 0 Å². The molecule has 0 bridgehead atoms. The van der Waals surface area contributed by atoms with Crippen LogP contribution in [0.15, 0.2) is 14.3 Å². The van der Waals surface area contributed by atoms with Crippen LogP contribution in [0.1, 0.15) is 28.5 Å². The number of aromatic nitrogens is 4. The molecule has 0 aliphatic rings. The highest BCUT2D eigenvalue weighted by atomic mass is 79.9. The topological polar surface area (TPSA) is 83.6 Å². The Kier molecular flexibility index (Phi) is 3.89. The molecule has 0 aliphatic carbocycles. The van der Waals surface area contributed by atoms with Gasteiger partial charge in [0.15, 0.2) is 5.82 Å². The smallest absolute Gasteiger partial charge is 0.262 e. The summed E-state index contributed by atoms with van der Waals surface area (Å²) in [5.41, 5.74) is 0. The van der Waals surface area contributed by atoms with Gasteiger partial charge in [-0.1, -0.05) is 5.21 Å². The van der Waals surface area contributed by atoms with Crippen LogP contribution in [0.4, 0.5) is 0 Å². The highest BCUT2D eigenvalue weighted by molar-refractivity contribution is 9.13. The van der Waals surface area contributed by atoms with Gasteiger partial charge in [-0.05, 0) is 44.8 Å². The zero-order valence-corrected chi connectivity index (χ0v) is 12.6. The highest BCUT2D eigenvalue weighted by Crippen LogP contribution is 2.32. The van der Waals surface area contributed by atoms with Crippen molar-refractivity contribution in [2.24, 2.45) is 0 Å². The van der Waals surface area contributed by atoms with Gasteiger partial charge in [0.1, 0.15) is 0 Å². The van der Waals surface area contributed by atoms with Gasteiger partial charge in [-0.3, -0.25) is 4.79 Å². The highest BCUT2D eigenvalue weighted by Gasteiger charge is 2.17. The summed E-state index contributed by atoms with van der Waals surface area (Å²) in [7, 11) is 0. The van der Waals surface area contributed by atoms with Crippen LogP contribution >= 0.6 is 43.2 Å². The average molecular weight is 381 g/mol. The maximum Gasteiger partial charge on any atom is 0.262 e. The molecule has 0 saturated carbocycles. The minimum atomic E-state index is -0.291. The van der Waals surface area contributed by atoms with Crippen LogP contribution in [0.5, 0.6) is 0 Å². The summed E-state index contributed by atoms with van der Waals surface area (Å²) in [5.74, 6) is 0.284. The Balaban J connectivity index is 2.07. The average Bonchev–Trinajstić information content (AvgIpc) is 2.89. The fourth-order valence-corrected chi connectivity index (χ4v) is 3.08. The van der Waals surface area contributed by atoms with Gasteiger partial charge in [-0.2, -0.15) is 5.21 Å². The van der Waals surface area contributed by atoms with Gasteiger partial charge >= 0.3 is 0 Å². The second-order valence-electron chi connectivity index (χ2n) is 3.20. The Labute approximate surface area is 117 Å². The van der Waals surface area contributed by atoms with Gasteiger partial charge in [0.25, 0.3) is 5.91 Å². The molecule has 2 N–H and O–H groups in total. The lowest BCUT2D eigenvalue weighted by Crippen LogP contribution is -2.26. The zero-order chi connectivity index (χ0) is 12.4. The van der Waals surface area contributed by atoms with E-state index in [0.717, 1.165) is 8.26 Å². The summed E-state index contributed by atoms with van der Waals surface area (Å²) >= 11 is 8.03. The number of nitrogens with zero attached hydrogens (tertiary/aromatic N) is 3. The Hall–Kier alpha value is -0.800. The van der Waals surface area contributed by atoms with E-state index in [1.807, 2.05) is 0 Å². The molecule has 0 aromatic carbocycles. The van der Waals surface area contributed by atoms with Gasteiger partial charge in [0.05, 0.1) is 14.7 Å². The molecule has 0 aliphatic heterocycles. The summed E-state index contributed by atoms with van der Waals surface area (Å²) in [5, 5.41) is 16.2. The van der Waals surface area contributed by atoms with Gasteiger partial charge in [0, 0.05) is 4.47 Å². The van der Waals surface area contributed by atoms with E-state index in [2.05, 4.69) is 57.8 Å². The predicted molar refractivity (Wildman–Crippen MR) is 69.8 cm³/mol. The van der Waals surface area contributed by atoms with Gasteiger partial charge < -0.3 is 5.32 Å². The standard InChI is InChI=1S/C8H7Br2N5OS/c1-3(7-12-14-15-13-7)11-8(16)5-2-4(9)6(10)17-5/h2-3H,1H3,(H,11,16)(H,12,13,14,15). The summed E-state index contributed by atoms with van der Waals surface area (Å²) in [4.78, 5) is 12.5. The van der Waals surface area contributed by atoms with E-state index in [9.17, 15) is 4.79 Å². The quantitative estimate of drug-likeness (QED) is 0.855. The van der Waals surface area contributed by atoms with Crippen LogP contribution in [0, 0.1) is 0 Å². The van der Waals surface area contributed by atoms with Crippen molar-refractivity contribution in [3.63, 3.8) is 0 Å². The number of nitrogens with one attached hydrogen (secondary N) is 2. The SMILES string of the molecule is CC(NC(=O)c1cc(Br)c(Br)s1)c1nn[nH]n1. The summed E-state index contributed by atoms with van der Waals surface area (Å²) in [6.45, 7) is 1.79. The van der Waals surface area contributed by atoms with E-state index in [0.29, 0.717) is 10.7 Å². The number of halogens is 2. The molecule has 6 nitrogen and oxygen atoms in total. The molecule has 2 aromatic rings. The molecule has 0 fully saturated rings. The third kappa shape index (κ3) is 2.90. The number of carbonyl (C=O) groups excluding carboxylic acids is 1. The van der Waals surface area contributed by atoms with Crippen molar-refractivity contribution >= 4 is 49.1 Å². The number of rotatable bonds is 3. The molecule has 1 amide bonds. The van der Waals surface area contributed by atoms with Crippen molar-refractivity contribution in [3.8, 4) is 0 Å². The molecule has 2 aromatic heterocycles. The molecule has 1 atom stereocenters. The second kappa shape index (κ2) is 5.23. The monoisotopic (exact) mass is 379 g/mol. The molecule has 2 rings (SSSR count). The van der Waals surface area contributed by atoms with Gasteiger partial charge in [-0.25, -0.2) is 0 Å². The van der Waals surface area contributed by atoms with E-state index < -0.39 is 0 Å². The lowest BCUT2D eigenvalue weighted by molar-refractivity contribution is 0.0942. The molecule has 9 heteroatoms.